The molecule has 0 aliphatic heterocycles. The Morgan fingerprint density at radius 2 is 2.13 bits per heavy atom. The van der Waals surface area contributed by atoms with Crippen molar-refractivity contribution in [3.05, 3.63) is 35.0 Å². The number of nitrogens with one attached hydrogen (secondary N) is 1. The quantitative estimate of drug-likeness (QED) is 0.599. The molecule has 1 heterocycles. The number of hydrogen-bond donors (Lipinski definition) is 2. The molecule has 3 nitrogen and oxygen atoms in total. The number of fused-ring (bicyclic) bond motifs is 1. The van der Waals surface area contributed by atoms with Gasteiger partial charge in [0.15, 0.2) is 0 Å². The van der Waals surface area contributed by atoms with E-state index in [0.717, 1.165) is 22.2 Å². The minimum absolute atomic E-state index is 0. The summed E-state index contributed by atoms with van der Waals surface area (Å²) in [7, 11) is 0. The predicted molar refractivity (Wildman–Crippen MR) is 66.5 cm³/mol. The third-order valence-corrected chi connectivity index (χ3v) is 2.39. The molecule has 0 saturated heterocycles. The second-order valence-electron chi connectivity index (χ2n) is 3.15. The summed E-state index contributed by atoms with van der Waals surface area (Å²) in [6.45, 7) is 1.98. The monoisotopic (exact) mass is 243 g/mol. The van der Waals surface area contributed by atoms with E-state index in [9.17, 15) is 0 Å². The molecule has 0 amide bonds. The molecule has 1 aromatic carbocycles. The zero-order valence-electron chi connectivity index (χ0n) is 8.12. The van der Waals surface area contributed by atoms with E-state index in [-0.39, 0.29) is 12.4 Å². The maximum Gasteiger partial charge on any atom is 0.0909 e. The van der Waals surface area contributed by atoms with Gasteiger partial charge in [-0.05, 0) is 30.7 Å². The first-order valence-electron chi connectivity index (χ1n) is 4.24. The lowest BCUT2D eigenvalue weighted by atomic mass is 10.1. The van der Waals surface area contributed by atoms with Gasteiger partial charge in [-0.25, -0.2) is 0 Å². The Labute approximate surface area is 99.0 Å². The zero-order chi connectivity index (χ0) is 10.1. The SMILES string of the molecule is Cc1cc(Cl)c2nccc(NN)c2c1.Cl. The highest BCUT2D eigenvalue weighted by Gasteiger charge is 2.04. The fourth-order valence-corrected chi connectivity index (χ4v) is 1.80. The number of anilines is 1. The van der Waals surface area contributed by atoms with Crippen molar-refractivity contribution in [3.8, 4) is 0 Å². The molecule has 0 saturated carbocycles. The van der Waals surface area contributed by atoms with Gasteiger partial charge in [-0.3, -0.25) is 10.8 Å². The number of rotatable bonds is 1. The number of hydrazine groups is 1. The molecule has 0 aliphatic carbocycles. The van der Waals surface area contributed by atoms with Crippen LogP contribution in [0.3, 0.4) is 0 Å². The lowest BCUT2D eigenvalue weighted by Crippen LogP contribution is -2.07. The number of pyridine rings is 1. The molecule has 0 radical (unpaired) electrons. The van der Waals surface area contributed by atoms with E-state index in [1.54, 1.807) is 6.20 Å². The van der Waals surface area contributed by atoms with Crippen LogP contribution in [0.15, 0.2) is 24.4 Å². The molecule has 80 valence electrons. The highest BCUT2D eigenvalue weighted by Crippen LogP contribution is 2.27. The number of aromatic nitrogens is 1. The molecule has 0 bridgehead atoms. The molecule has 5 heteroatoms. The van der Waals surface area contributed by atoms with Gasteiger partial charge in [0.05, 0.1) is 16.2 Å². The van der Waals surface area contributed by atoms with Gasteiger partial charge >= 0.3 is 0 Å². The number of nitrogens with two attached hydrogens (primary N) is 1. The average molecular weight is 244 g/mol. The van der Waals surface area contributed by atoms with Crippen LogP contribution in [0.1, 0.15) is 5.56 Å². The molecule has 0 unspecified atom stereocenters. The van der Waals surface area contributed by atoms with Crippen LogP contribution in [-0.2, 0) is 0 Å². The number of hydrogen-bond acceptors (Lipinski definition) is 3. The summed E-state index contributed by atoms with van der Waals surface area (Å²) in [4.78, 5) is 4.20. The topological polar surface area (TPSA) is 50.9 Å². The normalized spacial score (nSPS) is 9.80. The molecular weight excluding hydrogens is 233 g/mol. The number of nitrogen functional groups attached to an aromatic ring is 1. The zero-order valence-corrected chi connectivity index (χ0v) is 9.69. The van der Waals surface area contributed by atoms with Crippen molar-refractivity contribution in [2.45, 2.75) is 6.92 Å². The maximum absolute atomic E-state index is 6.06. The van der Waals surface area contributed by atoms with Crippen molar-refractivity contribution in [1.29, 1.82) is 0 Å². The van der Waals surface area contributed by atoms with E-state index in [1.807, 2.05) is 25.1 Å². The number of halogens is 2. The van der Waals surface area contributed by atoms with E-state index >= 15 is 0 Å². The minimum atomic E-state index is 0. The molecule has 0 aliphatic rings. The van der Waals surface area contributed by atoms with Gasteiger partial charge in [-0.2, -0.15) is 0 Å². The molecule has 0 spiro atoms. The van der Waals surface area contributed by atoms with E-state index in [0.29, 0.717) is 5.02 Å². The van der Waals surface area contributed by atoms with Gasteiger partial charge in [0, 0.05) is 11.6 Å². The van der Waals surface area contributed by atoms with Crippen molar-refractivity contribution in [2.75, 3.05) is 5.43 Å². The van der Waals surface area contributed by atoms with Crippen LogP contribution >= 0.6 is 24.0 Å². The summed E-state index contributed by atoms with van der Waals surface area (Å²) in [5.41, 5.74) is 5.32. The lowest BCUT2D eigenvalue weighted by Gasteiger charge is -2.06. The fourth-order valence-electron chi connectivity index (χ4n) is 1.47. The van der Waals surface area contributed by atoms with Crippen LogP contribution in [-0.4, -0.2) is 4.98 Å². The molecule has 2 rings (SSSR count). The molecule has 3 N–H and O–H groups in total. The standard InChI is InChI=1S/C10H10ClN3.ClH/c1-6-4-7-9(14-12)2-3-13-10(7)8(11)5-6;/h2-5H,12H2,1H3,(H,13,14);1H. The summed E-state index contributed by atoms with van der Waals surface area (Å²) >= 11 is 6.06. The number of nitrogens with zero attached hydrogens (tertiary/aromatic N) is 1. The summed E-state index contributed by atoms with van der Waals surface area (Å²) in [6.07, 6.45) is 1.68. The van der Waals surface area contributed by atoms with Gasteiger partial charge in [0.25, 0.3) is 0 Å². The summed E-state index contributed by atoms with van der Waals surface area (Å²) < 4.78 is 0. The third-order valence-electron chi connectivity index (χ3n) is 2.10. The molecule has 15 heavy (non-hydrogen) atoms. The Morgan fingerprint density at radius 1 is 1.40 bits per heavy atom. The number of benzene rings is 1. The highest BCUT2D eigenvalue weighted by molar-refractivity contribution is 6.35. The molecular formula is C10H11Cl2N3. The summed E-state index contributed by atoms with van der Waals surface area (Å²) in [5, 5.41) is 1.59. The van der Waals surface area contributed by atoms with Crippen molar-refractivity contribution in [2.24, 2.45) is 5.84 Å². The Kier molecular flexibility index (Phi) is 3.74. The van der Waals surface area contributed by atoms with Crippen molar-refractivity contribution in [1.82, 2.24) is 4.98 Å². The Bertz CT molecular complexity index is 485. The largest absolute Gasteiger partial charge is 0.323 e. The maximum atomic E-state index is 6.06. The van der Waals surface area contributed by atoms with Crippen LogP contribution in [0.2, 0.25) is 5.02 Å². The van der Waals surface area contributed by atoms with Crippen molar-refractivity contribution >= 4 is 40.6 Å². The van der Waals surface area contributed by atoms with Crippen LogP contribution in [0.4, 0.5) is 5.69 Å². The van der Waals surface area contributed by atoms with E-state index < -0.39 is 0 Å². The van der Waals surface area contributed by atoms with E-state index in [4.69, 9.17) is 17.4 Å². The first-order valence-corrected chi connectivity index (χ1v) is 4.61. The smallest absolute Gasteiger partial charge is 0.0909 e. The van der Waals surface area contributed by atoms with Crippen molar-refractivity contribution in [3.63, 3.8) is 0 Å². The van der Waals surface area contributed by atoms with Crippen molar-refractivity contribution < 1.29 is 0 Å². The first-order chi connectivity index (χ1) is 6.72. The van der Waals surface area contributed by atoms with Crippen LogP contribution < -0.4 is 11.3 Å². The average Bonchev–Trinajstić information content (AvgIpc) is 2.17. The predicted octanol–water partition coefficient (Wildman–Crippen LogP) is 2.90. The molecule has 0 fully saturated rings. The summed E-state index contributed by atoms with van der Waals surface area (Å²) in [6, 6.07) is 5.71. The fraction of sp³-hybridized carbons (Fsp3) is 0.100. The van der Waals surface area contributed by atoms with Gasteiger partial charge < -0.3 is 5.43 Å². The molecule has 0 atom stereocenters. The van der Waals surface area contributed by atoms with E-state index in [1.165, 1.54) is 0 Å². The Balaban J connectivity index is 0.00000112. The second-order valence-corrected chi connectivity index (χ2v) is 3.55. The highest BCUT2D eigenvalue weighted by atomic mass is 35.5. The number of aryl methyl sites for hydroxylation is 1. The van der Waals surface area contributed by atoms with Gasteiger partial charge in [-0.15, -0.1) is 12.4 Å². The van der Waals surface area contributed by atoms with Crippen LogP contribution in [0, 0.1) is 6.92 Å². The Hall–Kier alpha value is -1.03. The Morgan fingerprint density at radius 3 is 2.80 bits per heavy atom. The van der Waals surface area contributed by atoms with Crippen LogP contribution in [0.5, 0.6) is 0 Å². The first kappa shape index (κ1) is 12.0. The second kappa shape index (κ2) is 4.66. The van der Waals surface area contributed by atoms with Gasteiger partial charge in [0.1, 0.15) is 0 Å². The van der Waals surface area contributed by atoms with Gasteiger partial charge in [-0.1, -0.05) is 11.6 Å². The van der Waals surface area contributed by atoms with Gasteiger partial charge in [0.2, 0.25) is 0 Å². The molecule has 1 aromatic heterocycles. The lowest BCUT2D eigenvalue weighted by molar-refractivity contribution is 1.33. The van der Waals surface area contributed by atoms with Crippen LogP contribution in [0.25, 0.3) is 10.9 Å². The minimum Gasteiger partial charge on any atom is -0.323 e. The summed E-state index contributed by atoms with van der Waals surface area (Å²) in [5.74, 6) is 5.40. The third kappa shape index (κ3) is 2.15. The molecule has 2 aromatic rings. The van der Waals surface area contributed by atoms with E-state index in [2.05, 4.69) is 10.4 Å².